The van der Waals surface area contributed by atoms with E-state index in [1.807, 2.05) is 70.2 Å². The molecule has 2 rings (SSSR count). The Hall–Kier alpha value is -2.53. The summed E-state index contributed by atoms with van der Waals surface area (Å²) >= 11 is 6.21. The first-order valence-corrected chi connectivity index (χ1v) is 10.8. The van der Waals surface area contributed by atoms with Gasteiger partial charge in [-0.15, -0.1) is 0 Å². The predicted molar refractivity (Wildman–Crippen MR) is 121 cm³/mol. The van der Waals surface area contributed by atoms with Crippen molar-refractivity contribution in [3.8, 4) is 5.75 Å². The van der Waals surface area contributed by atoms with Gasteiger partial charge in [-0.1, -0.05) is 55.8 Å². The van der Waals surface area contributed by atoms with E-state index in [2.05, 4.69) is 5.32 Å². The van der Waals surface area contributed by atoms with Gasteiger partial charge in [0.1, 0.15) is 11.8 Å². The first-order chi connectivity index (χ1) is 14.4. The van der Waals surface area contributed by atoms with E-state index in [4.69, 9.17) is 16.3 Å². The van der Waals surface area contributed by atoms with Crippen molar-refractivity contribution >= 4 is 23.4 Å². The van der Waals surface area contributed by atoms with Gasteiger partial charge in [0.25, 0.3) is 5.91 Å². The van der Waals surface area contributed by atoms with Crippen LogP contribution in [-0.4, -0.2) is 35.9 Å². The summed E-state index contributed by atoms with van der Waals surface area (Å²) in [6.07, 6.45) is 1.36. The van der Waals surface area contributed by atoms with E-state index in [-0.39, 0.29) is 18.4 Å². The Kier molecular flexibility index (Phi) is 9.18. The third kappa shape index (κ3) is 6.49. The SMILES string of the molecule is CCCNC(=O)C(CC)N(Cc1ccccc1)C(=O)COc1cc(C)c(Cl)c(C)c1. The van der Waals surface area contributed by atoms with E-state index < -0.39 is 6.04 Å². The standard InChI is InChI=1S/C24H31ClN2O3/c1-5-12-26-24(29)21(6-2)27(15-19-10-8-7-9-11-19)22(28)16-30-20-13-17(3)23(25)18(4)14-20/h7-11,13-14,21H,5-6,12,15-16H2,1-4H3,(H,26,29). The molecule has 0 aliphatic heterocycles. The summed E-state index contributed by atoms with van der Waals surface area (Å²) in [6.45, 7) is 8.49. The second-order valence-electron chi connectivity index (χ2n) is 7.38. The Morgan fingerprint density at radius 1 is 1.10 bits per heavy atom. The van der Waals surface area contributed by atoms with E-state index in [1.165, 1.54) is 0 Å². The fourth-order valence-electron chi connectivity index (χ4n) is 3.28. The molecule has 0 saturated carbocycles. The van der Waals surface area contributed by atoms with Crippen LogP contribution >= 0.6 is 11.6 Å². The molecule has 0 bridgehead atoms. The lowest BCUT2D eigenvalue weighted by molar-refractivity contribution is -0.143. The molecule has 162 valence electrons. The van der Waals surface area contributed by atoms with E-state index in [9.17, 15) is 9.59 Å². The van der Waals surface area contributed by atoms with Crippen molar-refractivity contribution in [2.45, 2.75) is 53.1 Å². The molecule has 5 nitrogen and oxygen atoms in total. The molecule has 6 heteroatoms. The summed E-state index contributed by atoms with van der Waals surface area (Å²) in [5.41, 5.74) is 2.75. The largest absolute Gasteiger partial charge is 0.484 e. The van der Waals surface area contributed by atoms with Crippen LogP contribution in [0.3, 0.4) is 0 Å². The van der Waals surface area contributed by atoms with Crippen molar-refractivity contribution in [3.05, 3.63) is 64.2 Å². The van der Waals surface area contributed by atoms with Gasteiger partial charge in [0, 0.05) is 18.1 Å². The fourth-order valence-corrected chi connectivity index (χ4v) is 3.39. The predicted octanol–water partition coefficient (Wildman–Crippen LogP) is 4.67. The Morgan fingerprint density at radius 3 is 2.30 bits per heavy atom. The Labute approximate surface area is 184 Å². The van der Waals surface area contributed by atoms with E-state index >= 15 is 0 Å². The number of amides is 2. The molecule has 0 aliphatic rings. The van der Waals surface area contributed by atoms with Crippen molar-refractivity contribution in [1.29, 1.82) is 0 Å². The molecule has 2 amide bonds. The molecular formula is C24H31ClN2O3. The Bertz CT molecular complexity index is 832. The molecule has 2 aromatic rings. The molecule has 0 heterocycles. The number of benzene rings is 2. The first kappa shape index (κ1) is 23.7. The maximum absolute atomic E-state index is 13.1. The van der Waals surface area contributed by atoms with Gasteiger partial charge < -0.3 is 15.0 Å². The number of nitrogens with zero attached hydrogens (tertiary/aromatic N) is 1. The number of carbonyl (C=O) groups excluding carboxylic acids is 2. The number of ether oxygens (including phenoxy) is 1. The number of halogens is 1. The molecule has 30 heavy (non-hydrogen) atoms. The molecular weight excluding hydrogens is 400 g/mol. The Morgan fingerprint density at radius 2 is 1.73 bits per heavy atom. The zero-order valence-electron chi connectivity index (χ0n) is 18.2. The number of aryl methyl sites for hydroxylation is 2. The Balaban J connectivity index is 2.19. The van der Waals surface area contributed by atoms with E-state index in [1.54, 1.807) is 4.90 Å². The molecule has 0 saturated heterocycles. The van der Waals surface area contributed by atoms with Crippen LogP contribution in [0.1, 0.15) is 43.4 Å². The van der Waals surface area contributed by atoms with Crippen LogP contribution in [0.4, 0.5) is 0 Å². The van der Waals surface area contributed by atoms with E-state index in [0.717, 1.165) is 23.1 Å². The summed E-state index contributed by atoms with van der Waals surface area (Å²) in [5, 5.41) is 3.60. The fraction of sp³-hybridized carbons (Fsp3) is 0.417. The minimum atomic E-state index is -0.554. The van der Waals surface area contributed by atoms with E-state index in [0.29, 0.717) is 30.3 Å². The van der Waals surface area contributed by atoms with Crippen LogP contribution in [0.5, 0.6) is 5.75 Å². The maximum Gasteiger partial charge on any atom is 0.261 e. The molecule has 1 N–H and O–H groups in total. The second kappa shape index (κ2) is 11.6. The van der Waals surface area contributed by atoms with Gasteiger partial charge in [0.05, 0.1) is 0 Å². The van der Waals surface area contributed by atoms with Crippen LogP contribution in [-0.2, 0) is 16.1 Å². The monoisotopic (exact) mass is 430 g/mol. The minimum absolute atomic E-state index is 0.137. The lowest BCUT2D eigenvalue weighted by Crippen LogP contribution is -2.50. The molecule has 0 fully saturated rings. The van der Waals surface area contributed by atoms with Gasteiger partial charge in [0.2, 0.25) is 5.91 Å². The van der Waals surface area contributed by atoms with Crippen molar-refractivity contribution < 1.29 is 14.3 Å². The quantitative estimate of drug-likeness (QED) is 0.595. The van der Waals surface area contributed by atoms with Crippen LogP contribution in [0.15, 0.2) is 42.5 Å². The average molecular weight is 431 g/mol. The number of rotatable bonds is 10. The molecule has 0 aromatic heterocycles. The van der Waals surface area contributed by atoms with Gasteiger partial charge in [0.15, 0.2) is 6.61 Å². The van der Waals surface area contributed by atoms with Gasteiger partial charge in [-0.05, 0) is 55.5 Å². The highest BCUT2D eigenvalue weighted by Crippen LogP contribution is 2.26. The van der Waals surface area contributed by atoms with Crippen molar-refractivity contribution in [2.75, 3.05) is 13.2 Å². The van der Waals surface area contributed by atoms with Crippen LogP contribution in [0.25, 0.3) is 0 Å². The summed E-state index contributed by atoms with van der Waals surface area (Å²) in [6, 6.07) is 12.7. The number of hydrogen-bond donors (Lipinski definition) is 1. The lowest BCUT2D eigenvalue weighted by Gasteiger charge is -2.30. The van der Waals surface area contributed by atoms with Crippen LogP contribution in [0, 0.1) is 13.8 Å². The number of hydrogen-bond acceptors (Lipinski definition) is 3. The first-order valence-electron chi connectivity index (χ1n) is 10.4. The van der Waals surface area contributed by atoms with Gasteiger partial charge in [-0.3, -0.25) is 9.59 Å². The lowest BCUT2D eigenvalue weighted by atomic mass is 10.1. The molecule has 0 spiro atoms. The minimum Gasteiger partial charge on any atom is -0.484 e. The van der Waals surface area contributed by atoms with Crippen LogP contribution < -0.4 is 10.1 Å². The number of nitrogens with one attached hydrogen (secondary N) is 1. The molecule has 0 aliphatic carbocycles. The summed E-state index contributed by atoms with van der Waals surface area (Å²) < 4.78 is 5.78. The second-order valence-corrected chi connectivity index (χ2v) is 7.76. The maximum atomic E-state index is 13.1. The summed E-state index contributed by atoms with van der Waals surface area (Å²) in [5.74, 6) is 0.218. The zero-order valence-corrected chi connectivity index (χ0v) is 19.0. The topological polar surface area (TPSA) is 58.6 Å². The highest BCUT2D eigenvalue weighted by molar-refractivity contribution is 6.32. The summed E-state index contributed by atoms with van der Waals surface area (Å²) in [7, 11) is 0. The van der Waals surface area contributed by atoms with Crippen LogP contribution in [0.2, 0.25) is 5.02 Å². The van der Waals surface area contributed by atoms with Gasteiger partial charge >= 0.3 is 0 Å². The van der Waals surface area contributed by atoms with Crippen molar-refractivity contribution in [3.63, 3.8) is 0 Å². The molecule has 1 atom stereocenters. The molecule has 1 unspecified atom stereocenters. The third-order valence-corrected chi connectivity index (χ3v) is 5.50. The molecule has 0 radical (unpaired) electrons. The molecule has 2 aromatic carbocycles. The normalized spacial score (nSPS) is 11.6. The summed E-state index contributed by atoms with van der Waals surface area (Å²) in [4.78, 5) is 27.4. The zero-order chi connectivity index (χ0) is 22.1. The average Bonchev–Trinajstić information content (AvgIpc) is 2.74. The van der Waals surface area contributed by atoms with Crippen molar-refractivity contribution in [2.24, 2.45) is 0 Å². The highest BCUT2D eigenvalue weighted by Gasteiger charge is 2.28. The van der Waals surface area contributed by atoms with Gasteiger partial charge in [-0.2, -0.15) is 0 Å². The third-order valence-electron chi connectivity index (χ3n) is 4.90. The smallest absolute Gasteiger partial charge is 0.261 e. The number of carbonyl (C=O) groups is 2. The highest BCUT2D eigenvalue weighted by atomic mass is 35.5. The van der Waals surface area contributed by atoms with Crippen molar-refractivity contribution in [1.82, 2.24) is 10.2 Å². The van der Waals surface area contributed by atoms with Gasteiger partial charge in [-0.25, -0.2) is 0 Å².